The average Bonchev–Trinajstić information content (AvgIpc) is 3.01. The first-order chi connectivity index (χ1) is 7.22. The maximum Gasteiger partial charge on any atom is 0.351 e. The number of carbonyl (C=O) groups excluding carboxylic acids is 1. The summed E-state index contributed by atoms with van der Waals surface area (Å²) in [6.07, 6.45) is 4.04. The van der Waals surface area contributed by atoms with Crippen LogP contribution in [0.25, 0.3) is 0 Å². The number of esters is 1. The molecule has 4 nitrogen and oxygen atoms in total. The van der Waals surface area contributed by atoms with Gasteiger partial charge in [0.05, 0.1) is 11.6 Å². The molecule has 0 aromatic heterocycles. The number of rotatable bonds is 5. The second-order valence-electron chi connectivity index (χ2n) is 3.16. The van der Waals surface area contributed by atoms with Crippen LogP contribution in [-0.4, -0.2) is 24.9 Å². The highest BCUT2D eigenvalue weighted by molar-refractivity contribution is 8.02. The van der Waals surface area contributed by atoms with E-state index in [-0.39, 0.29) is 12.2 Å². The number of nitrogens with one attached hydrogen (secondary N) is 1. The van der Waals surface area contributed by atoms with Gasteiger partial charge in [-0.2, -0.15) is 5.26 Å². The minimum atomic E-state index is -0.544. The maximum atomic E-state index is 11.4. The van der Waals surface area contributed by atoms with Crippen molar-refractivity contribution in [2.24, 2.45) is 0 Å². The van der Waals surface area contributed by atoms with Gasteiger partial charge in [-0.25, -0.2) is 4.79 Å². The zero-order valence-corrected chi connectivity index (χ0v) is 9.69. The van der Waals surface area contributed by atoms with Gasteiger partial charge >= 0.3 is 5.97 Å². The molecule has 15 heavy (non-hydrogen) atoms. The highest BCUT2D eigenvalue weighted by Gasteiger charge is 2.25. The number of hydrogen-bond acceptors (Lipinski definition) is 5. The summed E-state index contributed by atoms with van der Waals surface area (Å²) in [5.41, 5.74) is 0.0799. The van der Waals surface area contributed by atoms with Crippen LogP contribution < -0.4 is 5.32 Å². The van der Waals surface area contributed by atoms with Gasteiger partial charge in [0.15, 0.2) is 5.57 Å². The fourth-order valence-electron chi connectivity index (χ4n) is 1.04. The molecule has 0 bridgehead atoms. The molecule has 0 aliphatic heterocycles. The van der Waals surface area contributed by atoms with Gasteiger partial charge in [-0.05, 0) is 26.0 Å². The number of hydrogen-bond donors (Lipinski definition) is 1. The molecule has 0 heterocycles. The van der Waals surface area contributed by atoms with Gasteiger partial charge < -0.3 is 10.1 Å². The zero-order chi connectivity index (χ0) is 11.3. The summed E-state index contributed by atoms with van der Waals surface area (Å²) >= 11 is 1.37. The molecular formula is C10H14N2O2S. The molecule has 0 radical (unpaired) electrons. The van der Waals surface area contributed by atoms with E-state index in [0.29, 0.717) is 11.1 Å². The van der Waals surface area contributed by atoms with Crippen LogP contribution in [0.1, 0.15) is 19.8 Å². The van der Waals surface area contributed by atoms with Gasteiger partial charge in [-0.15, -0.1) is 11.8 Å². The first-order valence-corrected chi connectivity index (χ1v) is 6.07. The molecule has 0 aromatic rings. The Hall–Kier alpha value is -1.15. The van der Waals surface area contributed by atoms with Crippen LogP contribution in [0.4, 0.5) is 0 Å². The molecule has 0 saturated heterocycles. The number of carbonyl (C=O) groups is 1. The first-order valence-electron chi connectivity index (χ1n) is 4.85. The van der Waals surface area contributed by atoms with E-state index in [0.717, 1.165) is 12.8 Å². The highest BCUT2D eigenvalue weighted by Crippen LogP contribution is 2.25. The molecule has 0 unspecified atom stereocenters. The second-order valence-corrected chi connectivity index (χ2v) is 3.98. The Kier molecular flexibility index (Phi) is 4.50. The highest BCUT2D eigenvalue weighted by atomic mass is 32.2. The summed E-state index contributed by atoms with van der Waals surface area (Å²) in [5, 5.41) is 12.7. The lowest BCUT2D eigenvalue weighted by Crippen LogP contribution is -2.19. The molecule has 0 aromatic carbocycles. The van der Waals surface area contributed by atoms with Gasteiger partial charge in [0.1, 0.15) is 6.07 Å². The molecule has 1 saturated carbocycles. The number of nitriles is 1. The molecule has 1 rings (SSSR count). The Morgan fingerprint density at radius 2 is 2.33 bits per heavy atom. The van der Waals surface area contributed by atoms with Crippen molar-refractivity contribution in [1.29, 1.82) is 5.26 Å². The molecular weight excluding hydrogens is 212 g/mol. The van der Waals surface area contributed by atoms with E-state index in [9.17, 15) is 4.79 Å². The molecule has 1 aliphatic rings. The van der Waals surface area contributed by atoms with Gasteiger partial charge in [-0.1, -0.05) is 0 Å². The van der Waals surface area contributed by atoms with E-state index in [1.807, 2.05) is 12.3 Å². The summed E-state index contributed by atoms with van der Waals surface area (Å²) in [6, 6.07) is 2.31. The Balaban J connectivity index is 2.76. The predicted octanol–water partition coefficient (Wildman–Crippen LogP) is 1.40. The molecule has 82 valence electrons. The van der Waals surface area contributed by atoms with E-state index >= 15 is 0 Å². The lowest BCUT2D eigenvalue weighted by Gasteiger charge is -2.09. The molecule has 1 aliphatic carbocycles. The van der Waals surface area contributed by atoms with Crippen LogP contribution >= 0.6 is 11.8 Å². The Labute approximate surface area is 93.7 Å². The standard InChI is InChI=1S/C10H14N2O2S/c1-3-14-10(13)8(6-11)9(15-2)12-7-4-5-7/h7,12H,3-5H2,1-2H3/b9-8-. The van der Waals surface area contributed by atoms with Crippen LogP contribution in [0.2, 0.25) is 0 Å². The van der Waals surface area contributed by atoms with Gasteiger partial charge in [-0.3, -0.25) is 0 Å². The van der Waals surface area contributed by atoms with Crippen molar-refractivity contribution in [3.63, 3.8) is 0 Å². The predicted molar refractivity (Wildman–Crippen MR) is 58.9 cm³/mol. The van der Waals surface area contributed by atoms with Gasteiger partial charge in [0.2, 0.25) is 0 Å². The van der Waals surface area contributed by atoms with Crippen LogP contribution in [0, 0.1) is 11.3 Å². The largest absolute Gasteiger partial charge is 0.462 e. The third kappa shape index (κ3) is 3.48. The monoisotopic (exact) mass is 226 g/mol. The molecule has 5 heteroatoms. The first kappa shape index (κ1) is 11.9. The molecule has 0 amide bonds. The second kappa shape index (κ2) is 5.66. The van der Waals surface area contributed by atoms with Crippen molar-refractivity contribution >= 4 is 17.7 Å². The molecule has 0 atom stereocenters. The summed E-state index contributed by atoms with van der Waals surface area (Å²) in [4.78, 5) is 11.4. The Bertz CT molecular complexity index is 316. The number of ether oxygens (including phenoxy) is 1. The fourth-order valence-corrected chi connectivity index (χ4v) is 1.66. The van der Waals surface area contributed by atoms with Gasteiger partial charge in [0, 0.05) is 6.04 Å². The third-order valence-electron chi connectivity index (χ3n) is 1.94. The summed E-state index contributed by atoms with van der Waals surface area (Å²) in [7, 11) is 0. The zero-order valence-electron chi connectivity index (χ0n) is 8.87. The van der Waals surface area contributed by atoms with Gasteiger partial charge in [0.25, 0.3) is 0 Å². The Morgan fingerprint density at radius 1 is 1.67 bits per heavy atom. The normalized spacial score (nSPS) is 16.3. The number of nitrogens with zero attached hydrogens (tertiary/aromatic N) is 1. The lowest BCUT2D eigenvalue weighted by atomic mass is 10.3. The van der Waals surface area contributed by atoms with Crippen molar-refractivity contribution in [2.75, 3.05) is 12.9 Å². The van der Waals surface area contributed by atoms with E-state index < -0.39 is 5.97 Å². The van der Waals surface area contributed by atoms with E-state index in [4.69, 9.17) is 10.00 Å². The van der Waals surface area contributed by atoms with Crippen LogP contribution in [0.15, 0.2) is 10.6 Å². The Morgan fingerprint density at radius 3 is 2.73 bits per heavy atom. The van der Waals surface area contributed by atoms with Crippen LogP contribution in [-0.2, 0) is 9.53 Å². The molecule has 0 spiro atoms. The fraction of sp³-hybridized carbons (Fsp3) is 0.600. The summed E-state index contributed by atoms with van der Waals surface area (Å²) in [6.45, 7) is 2.01. The summed E-state index contributed by atoms with van der Waals surface area (Å²) in [5.74, 6) is -0.544. The molecule has 1 N–H and O–H groups in total. The van der Waals surface area contributed by atoms with Crippen molar-refractivity contribution < 1.29 is 9.53 Å². The maximum absolute atomic E-state index is 11.4. The topological polar surface area (TPSA) is 62.1 Å². The minimum Gasteiger partial charge on any atom is -0.462 e. The van der Waals surface area contributed by atoms with Crippen molar-refractivity contribution in [2.45, 2.75) is 25.8 Å². The number of thioether (sulfide) groups is 1. The average molecular weight is 226 g/mol. The minimum absolute atomic E-state index is 0.0799. The SMILES string of the molecule is CCOC(=O)/C(C#N)=C(/NC1CC1)SC. The smallest absolute Gasteiger partial charge is 0.351 e. The van der Waals surface area contributed by atoms with E-state index in [1.165, 1.54) is 11.8 Å². The van der Waals surface area contributed by atoms with Crippen molar-refractivity contribution in [3.8, 4) is 6.07 Å². The quantitative estimate of drug-likeness (QED) is 0.436. The van der Waals surface area contributed by atoms with E-state index in [2.05, 4.69) is 5.32 Å². The lowest BCUT2D eigenvalue weighted by molar-refractivity contribution is -0.138. The van der Waals surface area contributed by atoms with Crippen molar-refractivity contribution in [3.05, 3.63) is 10.6 Å². The van der Waals surface area contributed by atoms with Crippen molar-refractivity contribution in [1.82, 2.24) is 5.32 Å². The van der Waals surface area contributed by atoms with Crippen LogP contribution in [0.5, 0.6) is 0 Å². The molecule has 1 fully saturated rings. The third-order valence-corrected chi connectivity index (χ3v) is 2.67. The van der Waals surface area contributed by atoms with E-state index in [1.54, 1.807) is 6.92 Å². The summed E-state index contributed by atoms with van der Waals surface area (Å²) < 4.78 is 4.81. The van der Waals surface area contributed by atoms with Crippen LogP contribution in [0.3, 0.4) is 0 Å².